The van der Waals surface area contributed by atoms with Crippen LogP contribution in [0.5, 0.6) is 0 Å². The molecule has 0 spiro atoms. The van der Waals surface area contributed by atoms with Gasteiger partial charge in [0.1, 0.15) is 22.3 Å². The summed E-state index contributed by atoms with van der Waals surface area (Å²) in [4.78, 5) is -0.755. The molecule has 3 nitrogen and oxygen atoms in total. The van der Waals surface area contributed by atoms with E-state index in [9.17, 15) is 21.6 Å². The van der Waals surface area contributed by atoms with Crippen molar-refractivity contribution in [2.24, 2.45) is 0 Å². The van der Waals surface area contributed by atoms with Gasteiger partial charge in [0.2, 0.25) is 0 Å². The van der Waals surface area contributed by atoms with Crippen LogP contribution in [-0.2, 0) is 15.6 Å². The van der Waals surface area contributed by atoms with E-state index in [1.165, 1.54) is 12.1 Å². The maximum atomic E-state index is 13.5. The van der Waals surface area contributed by atoms with Crippen LogP contribution in [0.3, 0.4) is 0 Å². The van der Waals surface area contributed by atoms with E-state index in [1.54, 1.807) is 0 Å². The van der Waals surface area contributed by atoms with Crippen LogP contribution in [-0.4, -0.2) is 8.42 Å². The molecule has 2 N–H and O–H groups in total. The first-order chi connectivity index (χ1) is 9.29. The third kappa shape index (κ3) is 2.93. The van der Waals surface area contributed by atoms with Crippen LogP contribution in [0, 0.1) is 17.5 Å². The summed E-state index contributed by atoms with van der Waals surface area (Å²) in [5, 5.41) is 0. The molecule has 2 aromatic carbocycles. The second-order valence-corrected chi connectivity index (χ2v) is 6.15. The zero-order valence-corrected chi connectivity index (χ0v) is 10.9. The molecular weight excluding hydrogens is 291 g/mol. The maximum absolute atomic E-state index is 13.5. The third-order valence-electron chi connectivity index (χ3n) is 2.65. The zero-order valence-electron chi connectivity index (χ0n) is 10.1. The van der Waals surface area contributed by atoms with E-state index >= 15 is 0 Å². The van der Waals surface area contributed by atoms with Gasteiger partial charge < -0.3 is 5.73 Å². The van der Waals surface area contributed by atoms with Gasteiger partial charge in [-0.1, -0.05) is 6.07 Å². The topological polar surface area (TPSA) is 60.2 Å². The van der Waals surface area contributed by atoms with Crippen molar-refractivity contribution in [1.29, 1.82) is 0 Å². The van der Waals surface area contributed by atoms with E-state index in [1.807, 2.05) is 0 Å². The fourth-order valence-electron chi connectivity index (χ4n) is 1.67. The molecule has 0 saturated carbocycles. The Balaban J connectivity index is 2.40. The van der Waals surface area contributed by atoms with E-state index in [-0.39, 0.29) is 11.3 Å². The van der Waals surface area contributed by atoms with Crippen molar-refractivity contribution in [1.82, 2.24) is 0 Å². The van der Waals surface area contributed by atoms with Crippen LogP contribution >= 0.6 is 0 Å². The molecule has 0 atom stereocenters. The highest BCUT2D eigenvalue weighted by Gasteiger charge is 2.21. The van der Waals surface area contributed by atoms with Crippen molar-refractivity contribution in [3.63, 3.8) is 0 Å². The minimum atomic E-state index is -4.12. The number of nitrogens with two attached hydrogens (primary N) is 1. The molecule has 0 unspecified atom stereocenters. The van der Waals surface area contributed by atoms with Gasteiger partial charge in [0.25, 0.3) is 0 Å². The number of halogens is 3. The molecule has 0 amide bonds. The fraction of sp³-hybridized carbons (Fsp3) is 0.0769. The molecule has 7 heteroatoms. The summed E-state index contributed by atoms with van der Waals surface area (Å²) in [6.07, 6.45) is 0. The van der Waals surface area contributed by atoms with Crippen LogP contribution in [0.4, 0.5) is 18.9 Å². The second-order valence-electron chi connectivity index (χ2n) is 4.19. The van der Waals surface area contributed by atoms with Gasteiger partial charge in [0, 0.05) is 0 Å². The Morgan fingerprint density at radius 3 is 2.30 bits per heavy atom. The monoisotopic (exact) mass is 301 g/mol. The first-order valence-electron chi connectivity index (χ1n) is 5.51. The molecule has 0 aromatic heterocycles. The number of hydrogen-bond acceptors (Lipinski definition) is 3. The van der Waals surface area contributed by atoms with Gasteiger partial charge in [-0.2, -0.15) is 0 Å². The Bertz CT molecular complexity index is 760. The molecule has 0 radical (unpaired) electrons. The average Bonchev–Trinajstić information content (AvgIpc) is 2.36. The lowest BCUT2D eigenvalue weighted by Gasteiger charge is -2.07. The molecule has 0 saturated heterocycles. The number of hydrogen-bond donors (Lipinski definition) is 1. The first kappa shape index (κ1) is 14.4. The van der Waals surface area contributed by atoms with Crippen LogP contribution < -0.4 is 5.73 Å². The summed E-state index contributed by atoms with van der Waals surface area (Å²) in [7, 11) is -4.12. The van der Waals surface area contributed by atoms with Gasteiger partial charge >= 0.3 is 0 Å². The van der Waals surface area contributed by atoms with Crippen molar-refractivity contribution in [2.45, 2.75) is 10.6 Å². The van der Waals surface area contributed by atoms with Gasteiger partial charge in [-0.05, 0) is 35.9 Å². The molecule has 0 fully saturated rings. The lowest BCUT2D eigenvalue weighted by atomic mass is 10.2. The van der Waals surface area contributed by atoms with E-state index in [4.69, 9.17) is 5.73 Å². The molecule has 0 aliphatic rings. The second kappa shape index (κ2) is 5.16. The highest BCUT2D eigenvalue weighted by Crippen LogP contribution is 2.22. The number of rotatable bonds is 3. The molecule has 2 rings (SSSR count). The highest BCUT2D eigenvalue weighted by atomic mass is 32.2. The van der Waals surface area contributed by atoms with Crippen molar-refractivity contribution in [3.05, 3.63) is 59.4 Å². The summed E-state index contributed by atoms with van der Waals surface area (Å²) in [6.45, 7) is 0. The highest BCUT2D eigenvalue weighted by molar-refractivity contribution is 7.90. The summed E-state index contributed by atoms with van der Waals surface area (Å²) < 4.78 is 63.8. The van der Waals surface area contributed by atoms with Crippen molar-refractivity contribution >= 4 is 15.5 Å². The van der Waals surface area contributed by atoms with Crippen molar-refractivity contribution < 1.29 is 21.6 Å². The van der Waals surface area contributed by atoms with Crippen LogP contribution in [0.25, 0.3) is 0 Å². The van der Waals surface area contributed by atoms with E-state index in [0.717, 1.165) is 18.2 Å². The quantitative estimate of drug-likeness (QED) is 0.887. The van der Waals surface area contributed by atoms with Gasteiger partial charge in [-0.25, -0.2) is 21.6 Å². The minimum Gasteiger partial charge on any atom is -0.396 e. The number of nitrogen functional groups attached to an aromatic ring is 1. The van der Waals surface area contributed by atoms with Crippen LogP contribution in [0.15, 0.2) is 41.3 Å². The summed E-state index contributed by atoms with van der Waals surface area (Å²) in [5.74, 6) is -3.34. The Kier molecular flexibility index (Phi) is 3.71. The van der Waals surface area contributed by atoms with Gasteiger partial charge in [-0.3, -0.25) is 0 Å². The lowest BCUT2D eigenvalue weighted by molar-refractivity contribution is 0.552. The molecular formula is C13H10F3NO2S. The van der Waals surface area contributed by atoms with Crippen molar-refractivity contribution in [3.8, 4) is 0 Å². The van der Waals surface area contributed by atoms with Gasteiger partial charge in [-0.15, -0.1) is 0 Å². The predicted octanol–water partition coefficient (Wildman–Crippen LogP) is 2.66. The Morgan fingerprint density at radius 1 is 0.950 bits per heavy atom. The predicted molar refractivity (Wildman–Crippen MR) is 68.1 cm³/mol. The molecule has 0 aliphatic carbocycles. The molecule has 20 heavy (non-hydrogen) atoms. The summed E-state index contributed by atoms with van der Waals surface area (Å²) in [6, 6.07) is 5.61. The van der Waals surface area contributed by atoms with E-state index in [0.29, 0.717) is 6.07 Å². The molecule has 0 aliphatic heterocycles. The SMILES string of the molecule is Nc1ccc(CS(=O)(=O)c2cc(F)ccc2F)cc1F. The van der Waals surface area contributed by atoms with E-state index in [2.05, 4.69) is 0 Å². The number of anilines is 1. The summed E-state index contributed by atoms with van der Waals surface area (Å²) >= 11 is 0. The van der Waals surface area contributed by atoms with Crippen LogP contribution in [0.2, 0.25) is 0 Å². The molecule has 2 aromatic rings. The Morgan fingerprint density at radius 2 is 1.65 bits per heavy atom. The average molecular weight is 301 g/mol. The normalized spacial score (nSPS) is 11.6. The summed E-state index contributed by atoms with van der Waals surface area (Å²) in [5.41, 5.74) is 5.25. The number of benzene rings is 2. The maximum Gasteiger partial charge on any atom is 0.185 e. The fourth-order valence-corrected chi connectivity index (χ4v) is 3.10. The first-order valence-corrected chi connectivity index (χ1v) is 7.16. The van der Waals surface area contributed by atoms with Gasteiger partial charge in [0.05, 0.1) is 11.4 Å². The van der Waals surface area contributed by atoms with Crippen molar-refractivity contribution in [2.75, 3.05) is 5.73 Å². The van der Waals surface area contributed by atoms with E-state index < -0.39 is 37.9 Å². The lowest BCUT2D eigenvalue weighted by Crippen LogP contribution is -2.08. The Hall–Kier alpha value is -2.02. The Labute approximate surface area is 113 Å². The molecule has 0 heterocycles. The standard InChI is InChI=1S/C13H10F3NO2S/c14-9-2-3-10(15)13(6-9)20(18,19)7-8-1-4-12(17)11(16)5-8/h1-6H,7,17H2. The third-order valence-corrected chi connectivity index (χ3v) is 4.35. The largest absolute Gasteiger partial charge is 0.396 e. The minimum absolute atomic E-state index is 0.0976. The van der Waals surface area contributed by atoms with Gasteiger partial charge in [0.15, 0.2) is 9.84 Å². The number of sulfone groups is 1. The smallest absolute Gasteiger partial charge is 0.185 e. The van der Waals surface area contributed by atoms with Crippen LogP contribution in [0.1, 0.15) is 5.56 Å². The zero-order chi connectivity index (χ0) is 14.9. The molecule has 0 bridgehead atoms. The molecule has 106 valence electrons.